The second-order valence-electron chi connectivity index (χ2n) is 5.34. The summed E-state index contributed by atoms with van der Waals surface area (Å²) in [5, 5.41) is 2.70. The summed E-state index contributed by atoms with van der Waals surface area (Å²) in [6.07, 6.45) is 0. The zero-order valence-corrected chi connectivity index (χ0v) is 15.4. The molecule has 0 aliphatic carbocycles. The Morgan fingerprint density at radius 3 is 2.44 bits per heavy atom. The van der Waals surface area contributed by atoms with Crippen molar-refractivity contribution in [2.75, 3.05) is 18.5 Å². The van der Waals surface area contributed by atoms with Gasteiger partial charge >= 0.3 is 5.97 Å². The highest BCUT2D eigenvalue weighted by Crippen LogP contribution is 2.21. The number of anilines is 1. The van der Waals surface area contributed by atoms with E-state index in [4.69, 9.17) is 9.47 Å². The van der Waals surface area contributed by atoms with E-state index in [0.717, 1.165) is 11.1 Å². The lowest BCUT2D eigenvalue weighted by Gasteiger charge is -2.12. The van der Waals surface area contributed by atoms with Gasteiger partial charge in [0, 0.05) is 10.2 Å². The Hall–Kier alpha value is -2.41. The molecule has 0 fully saturated rings. The minimum Gasteiger partial charge on any atom is -0.479 e. The van der Waals surface area contributed by atoms with Crippen molar-refractivity contribution in [3.63, 3.8) is 0 Å². The predicted octanol–water partition coefficient (Wildman–Crippen LogP) is 3.77. The number of amides is 1. The molecule has 25 heavy (non-hydrogen) atoms. The van der Waals surface area contributed by atoms with E-state index in [-0.39, 0.29) is 5.75 Å². The molecular weight excluding hydrogens is 393 g/mol. The summed E-state index contributed by atoms with van der Waals surface area (Å²) in [6, 6.07) is 9.82. The maximum Gasteiger partial charge on any atom is 0.344 e. The second kappa shape index (κ2) is 8.62. The van der Waals surface area contributed by atoms with Gasteiger partial charge in [0.1, 0.15) is 0 Å². The molecule has 2 aromatic rings. The largest absolute Gasteiger partial charge is 0.479 e. The molecule has 2 rings (SSSR count). The SMILES string of the molecule is Cc1cccc(C)c1NC(=O)COC(=O)COc1ccc(Br)cc1F. The van der Waals surface area contributed by atoms with Crippen molar-refractivity contribution in [3.8, 4) is 5.75 Å². The van der Waals surface area contributed by atoms with Gasteiger partial charge in [-0.25, -0.2) is 9.18 Å². The molecule has 0 saturated carbocycles. The highest BCUT2D eigenvalue weighted by molar-refractivity contribution is 9.10. The fourth-order valence-corrected chi connectivity index (χ4v) is 2.44. The Labute approximate surface area is 153 Å². The van der Waals surface area contributed by atoms with Crippen LogP contribution in [0.3, 0.4) is 0 Å². The first-order chi connectivity index (χ1) is 11.9. The lowest BCUT2D eigenvalue weighted by atomic mass is 10.1. The molecular formula is C18H17BrFNO4. The molecule has 0 radical (unpaired) electrons. The molecule has 0 heterocycles. The van der Waals surface area contributed by atoms with E-state index >= 15 is 0 Å². The first-order valence-electron chi connectivity index (χ1n) is 7.46. The van der Waals surface area contributed by atoms with Gasteiger partial charge in [0.25, 0.3) is 5.91 Å². The summed E-state index contributed by atoms with van der Waals surface area (Å²) in [4.78, 5) is 23.5. The number of esters is 1. The number of hydrogen-bond donors (Lipinski definition) is 1. The molecule has 0 unspecified atom stereocenters. The van der Waals surface area contributed by atoms with Crippen molar-refractivity contribution >= 4 is 33.5 Å². The van der Waals surface area contributed by atoms with E-state index in [1.54, 1.807) is 6.07 Å². The normalized spacial score (nSPS) is 10.2. The van der Waals surface area contributed by atoms with Crippen LogP contribution in [0.2, 0.25) is 0 Å². The third-order valence-electron chi connectivity index (χ3n) is 3.35. The molecule has 1 amide bonds. The van der Waals surface area contributed by atoms with Gasteiger partial charge in [0.15, 0.2) is 24.8 Å². The number of nitrogens with one attached hydrogen (secondary N) is 1. The Bertz CT molecular complexity index is 774. The van der Waals surface area contributed by atoms with Crippen LogP contribution < -0.4 is 10.1 Å². The third-order valence-corrected chi connectivity index (χ3v) is 3.84. The molecule has 0 aromatic heterocycles. The van der Waals surface area contributed by atoms with E-state index in [1.165, 1.54) is 12.1 Å². The number of carbonyl (C=O) groups is 2. The number of aryl methyl sites for hydroxylation is 2. The Kier molecular flexibility index (Phi) is 6.52. The number of hydrogen-bond acceptors (Lipinski definition) is 4. The summed E-state index contributed by atoms with van der Waals surface area (Å²) < 4.78 is 24.0. The quantitative estimate of drug-likeness (QED) is 0.737. The summed E-state index contributed by atoms with van der Waals surface area (Å²) in [5.74, 6) is -1.89. The Morgan fingerprint density at radius 2 is 1.80 bits per heavy atom. The smallest absolute Gasteiger partial charge is 0.344 e. The van der Waals surface area contributed by atoms with Gasteiger partial charge in [-0.15, -0.1) is 0 Å². The van der Waals surface area contributed by atoms with Gasteiger partial charge in [0.2, 0.25) is 0 Å². The number of halogens is 2. The van der Waals surface area contributed by atoms with Crippen molar-refractivity contribution in [2.45, 2.75) is 13.8 Å². The van der Waals surface area contributed by atoms with Crippen LogP contribution in [0.4, 0.5) is 10.1 Å². The minimum absolute atomic E-state index is 0.0693. The molecule has 0 bridgehead atoms. The molecule has 5 nitrogen and oxygen atoms in total. The van der Waals surface area contributed by atoms with E-state index < -0.39 is 30.9 Å². The van der Waals surface area contributed by atoms with E-state index in [1.807, 2.05) is 32.0 Å². The zero-order chi connectivity index (χ0) is 18.4. The first kappa shape index (κ1) is 18.9. The van der Waals surface area contributed by atoms with Crippen LogP contribution in [0.1, 0.15) is 11.1 Å². The summed E-state index contributed by atoms with van der Waals surface area (Å²) >= 11 is 3.12. The molecule has 132 valence electrons. The van der Waals surface area contributed by atoms with Crippen molar-refractivity contribution in [1.82, 2.24) is 0 Å². The summed E-state index contributed by atoms with van der Waals surface area (Å²) in [5.41, 5.74) is 2.51. The lowest BCUT2D eigenvalue weighted by molar-refractivity contribution is -0.149. The second-order valence-corrected chi connectivity index (χ2v) is 6.25. The molecule has 1 N–H and O–H groups in total. The van der Waals surface area contributed by atoms with Crippen LogP contribution in [0.15, 0.2) is 40.9 Å². The van der Waals surface area contributed by atoms with E-state index in [9.17, 15) is 14.0 Å². The molecule has 0 aliphatic heterocycles. The van der Waals surface area contributed by atoms with Gasteiger partial charge in [-0.3, -0.25) is 4.79 Å². The van der Waals surface area contributed by atoms with Crippen LogP contribution >= 0.6 is 15.9 Å². The van der Waals surface area contributed by atoms with Gasteiger partial charge in [-0.1, -0.05) is 34.1 Å². The lowest BCUT2D eigenvalue weighted by Crippen LogP contribution is -2.24. The highest BCUT2D eigenvalue weighted by Gasteiger charge is 2.12. The van der Waals surface area contributed by atoms with E-state index in [0.29, 0.717) is 10.2 Å². The van der Waals surface area contributed by atoms with Crippen molar-refractivity contribution in [2.24, 2.45) is 0 Å². The zero-order valence-electron chi connectivity index (χ0n) is 13.8. The van der Waals surface area contributed by atoms with Gasteiger partial charge in [-0.2, -0.15) is 0 Å². The minimum atomic E-state index is -0.765. The third kappa shape index (κ3) is 5.56. The van der Waals surface area contributed by atoms with Crippen LogP contribution in [0.5, 0.6) is 5.75 Å². The average Bonchev–Trinajstić information content (AvgIpc) is 2.55. The number of ether oxygens (including phenoxy) is 2. The fraction of sp³-hybridized carbons (Fsp3) is 0.222. The Balaban J connectivity index is 1.80. The van der Waals surface area contributed by atoms with Gasteiger partial charge < -0.3 is 14.8 Å². The number of rotatable bonds is 6. The summed E-state index contributed by atoms with van der Waals surface area (Å²) in [6.45, 7) is 2.80. The predicted molar refractivity (Wildman–Crippen MR) is 95.1 cm³/mol. The molecule has 0 atom stereocenters. The topological polar surface area (TPSA) is 64.6 Å². The van der Waals surface area contributed by atoms with Crippen LogP contribution in [-0.2, 0) is 14.3 Å². The fourth-order valence-electron chi connectivity index (χ4n) is 2.10. The summed E-state index contributed by atoms with van der Waals surface area (Å²) in [7, 11) is 0. The van der Waals surface area contributed by atoms with Crippen molar-refractivity contribution in [1.29, 1.82) is 0 Å². The van der Waals surface area contributed by atoms with Crippen LogP contribution in [0.25, 0.3) is 0 Å². The monoisotopic (exact) mass is 409 g/mol. The Morgan fingerprint density at radius 1 is 1.12 bits per heavy atom. The maximum atomic E-state index is 13.6. The van der Waals surface area contributed by atoms with Crippen molar-refractivity contribution < 1.29 is 23.5 Å². The molecule has 0 aliphatic rings. The van der Waals surface area contributed by atoms with Gasteiger partial charge in [-0.05, 0) is 43.2 Å². The number of benzene rings is 2. The first-order valence-corrected chi connectivity index (χ1v) is 8.25. The molecule has 2 aromatic carbocycles. The standard InChI is InChI=1S/C18H17BrFNO4/c1-11-4-3-5-12(2)18(11)21-16(22)9-25-17(23)10-24-15-7-6-13(19)8-14(15)20/h3-8H,9-10H2,1-2H3,(H,21,22). The highest BCUT2D eigenvalue weighted by atomic mass is 79.9. The average molecular weight is 410 g/mol. The van der Waals surface area contributed by atoms with Gasteiger partial charge in [0.05, 0.1) is 0 Å². The number of carbonyl (C=O) groups excluding carboxylic acids is 2. The molecule has 0 saturated heterocycles. The maximum absolute atomic E-state index is 13.6. The van der Waals surface area contributed by atoms with E-state index in [2.05, 4.69) is 21.2 Å². The van der Waals surface area contributed by atoms with Crippen molar-refractivity contribution in [3.05, 3.63) is 57.8 Å². The number of para-hydroxylation sites is 1. The molecule has 0 spiro atoms. The molecule has 7 heteroatoms. The van der Waals surface area contributed by atoms with Crippen LogP contribution in [0, 0.1) is 19.7 Å². The van der Waals surface area contributed by atoms with Crippen LogP contribution in [-0.4, -0.2) is 25.1 Å².